The molecule has 0 radical (unpaired) electrons. The molecule has 98 valence electrons. The molecule has 0 amide bonds. The summed E-state index contributed by atoms with van der Waals surface area (Å²) in [6.45, 7) is 3.10. The number of aliphatic hydroxyl groups is 1. The van der Waals surface area contributed by atoms with E-state index < -0.39 is 0 Å². The summed E-state index contributed by atoms with van der Waals surface area (Å²) in [6, 6.07) is 0. The van der Waals surface area contributed by atoms with Crippen molar-refractivity contribution < 1.29 is 9.84 Å². The minimum atomic E-state index is 0.0792. The van der Waals surface area contributed by atoms with Crippen molar-refractivity contribution in [3.05, 3.63) is 16.3 Å². The van der Waals surface area contributed by atoms with Crippen LogP contribution in [0.1, 0.15) is 57.4 Å². The van der Waals surface area contributed by atoms with E-state index in [1.165, 1.54) is 38.5 Å². The first-order valence-corrected chi connectivity index (χ1v) is 7.61. The molecule has 17 heavy (non-hydrogen) atoms. The van der Waals surface area contributed by atoms with E-state index in [2.05, 4.69) is 6.92 Å². The quantitative estimate of drug-likeness (QED) is 0.630. The van der Waals surface area contributed by atoms with Gasteiger partial charge in [0.15, 0.2) is 0 Å². The van der Waals surface area contributed by atoms with Crippen LogP contribution in [0, 0.1) is 0 Å². The smallest absolute Gasteiger partial charge is 0.135 e. The van der Waals surface area contributed by atoms with Crippen LogP contribution in [0.25, 0.3) is 0 Å². The number of unbranched alkanes of at least 4 members (excludes halogenated alkanes) is 6. The van der Waals surface area contributed by atoms with Crippen molar-refractivity contribution in [2.24, 2.45) is 0 Å². The number of aliphatic hydroxyl groups excluding tert-OH is 1. The van der Waals surface area contributed by atoms with Crippen LogP contribution in [0.3, 0.4) is 0 Å². The molecule has 0 saturated carbocycles. The van der Waals surface area contributed by atoms with Crippen LogP contribution < -0.4 is 4.74 Å². The maximum absolute atomic E-state index is 9.06. The second kappa shape index (κ2) is 9.49. The first-order valence-electron chi connectivity index (χ1n) is 6.67. The van der Waals surface area contributed by atoms with E-state index >= 15 is 0 Å². The van der Waals surface area contributed by atoms with Crippen LogP contribution >= 0.6 is 11.3 Å². The Morgan fingerprint density at radius 1 is 1.06 bits per heavy atom. The highest BCUT2D eigenvalue weighted by atomic mass is 32.1. The summed E-state index contributed by atoms with van der Waals surface area (Å²) in [5, 5.41) is 13.0. The third kappa shape index (κ3) is 6.08. The zero-order valence-electron chi connectivity index (χ0n) is 10.8. The van der Waals surface area contributed by atoms with E-state index in [1.807, 2.05) is 10.8 Å². The molecular formula is C14H24O2S. The highest BCUT2D eigenvalue weighted by Crippen LogP contribution is 2.23. The summed E-state index contributed by atoms with van der Waals surface area (Å²) in [6.07, 6.45) is 9.09. The SMILES string of the molecule is CCCCCCCCCOc1cscc1CO. The van der Waals surface area contributed by atoms with Crippen LogP contribution in [0.2, 0.25) is 0 Å². The first kappa shape index (κ1) is 14.5. The van der Waals surface area contributed by atoms with Gasteiger partial charge < -0.3 is 9.84 Å². The average molecular weight is 256 g/mol. The molecule has 1 heterocycles. The highest BCUT2D eigenvalue weighted by Gasteiger charge is 2.02. The zero-order valence-corrected chi connectivity index (χ0v) is 11.6. The second-order valence-corrected chi connectivity index (χ2v) is 5.13. The summed E-state index contributed by atoms with van der Waals surface area (Å²) in [4.78, 5) is 0. The molecular weight excluding hydrogens is 232 g/mol. The summed E-state index contributed by atoms with van der Waals surface area (Å²) in [5.74, 6) is 0.864. The van der Waals surface area contributed by atoms with Gasteiger partial charge in [-0.2, -0.15) is 0 Å². The van der Waals surface area contributed by atoms with Crippen LogP contribution in [0.15, 0.2) is 10.8 Å². The van der Waals surface area contributed by atoms with Gasteiger partial charge in [-0.15, -0.1) is 11.3 Å². The van der Waals surface area contributed by atoms with Gasteiger partial charge in [0.1, 0.15) is 5.75 Å². The number of hydrogen-bond acceptors (Lipinski definition) is 3. The fourth-order valence-corrected chi connectivity index (χ4v) is 2.56. The molecule has 0 fully saturated rings. The number of hydrogen-bond donors (Lipinski definition) is 1. The largest absolute Gasteiger partial charge is 0.492 e. The lowest BCUT2D eigenvalue weighted by atomic mass is 10.1. The molecule has 0 atom stereocenters. The molecule has 0 aromatic carbocycles. The molecule has 0 unspecified atom stereocenters. The van der Waals surface area contributed by atoms with E-state index in [9.17, 15) is 0 Å². The van der Waals surface area contributed by atoms with Crippen molar-refractivity contribution in [3.63, 3.8) is 0 Å². The molecule has 1 aromatic rings. The van der Waals surface area contributed by atoms with Gasteiger partial charge in [-0.05, 0) is 6.42 Å². The van der Waals surface area contributed by atoms with Crippen molar-refractivity contribution in [2.75, 3.05) is 6.61 Å². The predicted molar refractivity (Wildman–Crippen MR) is 73.7 cm³/mol. The van der Waals surface area contributed by atoms with E-state index in [4.69, 9.17) is 9.84 Å². The Bertz CT molecular complexity index is 284. The molecule has 1 N–H and O–H groups in total. The van der Waals surface area contributed by atoms with E-state index in [-0.39, 0.29) is 6.61 Å². The summed E-state index contributed by atoms with van der Waals surface area (Å²) in [5.41, 5.74) is 0.915. The number of rotatable bonds is 10. The molecule has 2 nitrogen and oxygen atoms in total. The molecule has 1 aromatic heterocycles. The Hall–Kier alpha value is -0.540. The number of thiophene rings is 1. The van der Waals surface area contributed by atoms with Gasteiger partial charge in [-0.3, -0.25) is 0 Å². The first-order chi connectivity index (χ1) is 8.38. The minimum absolute atomic E-state index is 0.0792. The van der Waals surface area contributed by atoms with Crippen LogP contribution in [0.5, 0.6) is 5.75 Å². The molecule has 0 bridgehead atoms. The summed E-state index contributed by atoms with van der Waals surface area (Å²) >= 11 is 1.58. The zero-order chi connectivity index (χ0) is 12.3. The topological polar surface area (TPSA) is 29.5 Å². The van der Waals surface area contributed by atoms with Crippen molar-refractivity contribution in [1.29, 1.82) is 0 Å². The number of ether oxygens (including phenoxy) is 1. The lowest BCUT2D eigenvalue weighted by Gasteiger charge is -2.06. The lowest BCUT2D eigenvalue weighted by molar-refractivity contribution is 0.261. The minimum Gasteiger partial charge on any atom is -0.492 e. The van der Waals surface area contributed by atoms with Gasteiger partial charge >= 0.3 is 0 Å². The van der Waals surface area contributed by atoms with Crippen molar-refractivity contribution in [2.45, 2.75) is 58.5 Å². The molecule has 0 saturated heterocycles. The van der Waals surface area contributed by atoms with Gasteiger partial charge in [0.2, 0.25) is 0 Å². The van der Waals surface area contributed by atoms with Crippen LogP contribution in [-0.4, -0.2) is 11.7 Å². The fourth-order valence-electron chi connectivity index (χ4n) is 1.79. The monoisotopic (exact) mass is 256 g/mol. The van der Waals surface area contributed by atoms with Crippen LogP contribution in [0.4, 0.5) is 0 Å². The van der Waals surface area contributed by atoms with Crippen molar-refractivity contribution in [1.82, 2.24) is 0 Å². The molecule has 0 aliphatic rings. The summed E-state index contributed by atoms with van der Waals surface area (Å²) in [7, 11) is 0. The van der Waals surface area contributed by atoms with E-state index in [0.29, 0.717) is 0 Å². The maximum Gasteiger partial charge on any atom is 0.135 e. The third-order valence-electron chi connectivity index (χ3n) is 2.88. The Kier molecular flexibility index (Phi) is 8.10. The second-order valence-electron chi connectivity index (χ2n) is 4.39. The Balaban J connectivity index is 1.97. The normalized spacial score (nSPS) is 10.7. The van der Waals surface area contributed by atoms with Gasteiger partial charge in [-0.25, -0.2) is 0 Å². The van der Waals surface area contributed by atoms with Crippen molar-refractivity contribution >= 4 is 11.3 Å². The fraction of sp³-hybridized carbons (Fsp3) is 0.714. The standard InChI is InChI=1S/C14H24O2S/c1-2-3-4-5-6-7-8-9-16-14-12-17-11-13(14)10-15/h11-12,15H,2-10H2,1H3. The molecule has 0 aliphatic carbocycles. The Morgan fingerprint density at radius 3 is 2.47 bits per heavy atom. The molecule has 3 heteroatoms. The molecule has 1 rings (SSSR count). The Labute approximate surface area is 109 Å². The average Bonchev–Trinajstić information content (AvgIpc) is 2.80. The van der Waals surface area contributed by atoms with Gasteiger partial charge in [0, 0.05) is 16.3 Å². The summed E-state index contributed by atoms with van der Waals surface area (Å²) < 4.78 is 5.65. The van der Waals surface area contributed by atoms with Crippen LogP contribution in [-0.2, 0) is 6.61 Å². The van der Waals surface area contributed by atoms with Crippen molar-refractivity contribution in [3.8, 4) is 5.75 Å². The molecule has 0 spiro atoms. The predicted octanol–water partition coefficient (Wildman–Crippen LogP) is 4.37. The van der Waals surface area contributed by atoms with Gasteiger partial charge in [0.05, 0.1) is 13.2 Å². The van der Waals surface area contributed by atoms with E-state index in [0.717, 1.165) is 24.3 Å². The molecule has 0 aliphatic heterocycles. The third-order valence-corrected chi connectivity index (χ3v) is 3.65. The van der Waals surface area contributed by atoms with Gasteiger partial charge in [-0.1, -0.05) is 45.4 Å². The maximum atomic E-state index is 9.06. The highest BCUT2D eigenvalue weighted by molar-refractivity contribution is 7.08. The van der Waals surface area contributed by atoms with Gasteiger partial charge in [0.25, 0.3) is 0 Å². The lowest BCUT2D eigenvalue weighted by Crippen LogP contribution is -1.98. The Morgan fingerprint density at radius 2 is 1.76 bits per heavy atom. The van der Waals surface area contributed by atoms with E-state index in [1.54, 1.807) is 11.3 Å².